The Morgan fingerprint density at radius 1 is 1.26 bits per heavy atom. The number of H-pyrrole nitrogens is 1. The molecule has 27 heavy (non-hydrogen) atoms. The number of halogens is 2. The number of hydrogen-bond donors (Lipinski definition) is 2. The van der Waals surface area contributed by atoms with E-state index in [0.717, 1.165) is 47.6 Å². The third-order valence-corrected chi connectivity index (χ3v) is 5.27. The van der Waals surface area contributed by atoms with Gasteiger partial charge in [-0.15, -0.1) is 0 Å². The third kappa shape index (κ3) is 4.51. The maximum absolute atomic E-state index is 10.9. The normalized spacial score (nSPS) is 16.3. The van der Waals surface area contributed by atoms with Crippen molar-refractivity contribution in [3.8, 4) is 0 Å². The summed E-state index contributed by atoms with van der Waals surface area (Å²) in [6, 6.07) is 5.55. The zero-order valence-electron chi connectivity index (χ0n) is 15.0. The van der Waals surface area contributed by atoms with Crippen LogP contribution in [0.25, 0.3) is 0 Å². The van der Waals surface area contributed by atoms with E-state index in [-0.39, 0.29) is 0 Å². The van der Waals surface area contributed by atoms with Crippen LogP contribution in [0.5, 0.6) is 0 Å². The van der Waals surface area contributed by atoms with E-state index in [0.29, 0.717) is 29.6 Å². The van der Waals surface area contributed by atoms with Crippen LogP contribution in [0.15, 0.2) is 40.7 Å². The Bertz CT molecular complexity index is 903. The van der Waals surface area contributed by atoms with Gasteiger partial charge >= 0.3 is 0 Å². The fourth-order valence-corrected chi connectivity index (χ4v) is 3.39. The van der Waals surface area contributed by atoms with E-state index in [1.165, 1.54) is 5.56 Å². The molecule has 0 spiro atoms. The van der Waals surface area contributed by atoms with Crippen LogP contribution < -0.4 is 5.73 Å². The number of aromatic nitrogens is 2. The maximum atomic E-state index is 10.9. The zero-order chi connectivity index (χ0) is 19.4. The summed E-state index contributed by atoms with van der Waals surface area (Å²) in [5, 5.41) is 8.28. The van der Waals surface area contributed by atoms with E-state index in [1.807, 2.05) is 25.3 Å². The number of nitrogens with zero attached hydrogens (tertiary/aromatic N) is 3. The van der Waals surface area contributed by atoms with Gasteiger partial charge in [0, 0.05) is 42.9 Å². The van der Waals surface area contributed by atoms with E-state index >= 15 is 0 Å². The molecule has 2 aliphatic rings. The molecule has 1 aromatic heterocycles. The second-order valence-electron chi connectivity index (χ2n) is 6.50. The highest BCUT2D eigenvalue weighted by molar-refractivity contribution is 6.42. The highest BCUT2D eigenvalue weighted by atomic mass is 35.5. The number of rotatable bonds is 2. The minimum atomic E-state index is 0.534. The number of benzene rings is 1. The van der Waals surface area contributed by atoms with Crippen molar-refractivity contribution in [1.29, 1.82) is 0 Å². The molecular weight excluding hydrogens is 385 g/mol. The molecule has 0 atom stereocenters. The van der Waals surface area contributed by atoms with Crippen LogP contribution >= 0.6 is 23.2 Å². The number of carbonyl (C=O) groups is 1. The first kappa shape index (κ1) is 19.5. The number of amides is 1. The Balaban J connectivity index is 0.000000197. The average Bonchev–Trinajstić information content (AvgIpc) is 3.15. The third-order valence-electron chi connectivity index (χ3n) is 4.53. The van der Waals surface area contributed by atoms with Crippen molar-refractivity contribution in [3.63, 3.8) is 0 Å². The molecule has 2 aromatic rings. The largest absolute Gasteiger partial charge is 0.402 e. The van der Waals surface area contributed by atoms with E-state index in [4.69, 9.17) is 28.9 Å². The van der Waals surface area contributed by atoms with Crippen molar-refractivity contribution in [2.45, 2.75) is 19.8 Å². The van der Waals surface area contributed by atoms with Gasteiger partial charge in [-0.2, -0.15) is 5.10 Å². The van der Waals surface area contributed by atoms with Gasteiger partial charge in [0.1, 0.15) is 0 Å². The smallest absolute Gasteiger partial charge is 0.210 e. The first-order chi connectivity index (χ1) is 13.0. The van der Waals surface area contributed by atoms with Crippen molar-refractivity contribution in [3.05, 3.63) is 62.5 Å². The molecule has 1 aromatic carbocycles. The van der Waals surface area contributed by atoms with Crippen LogP contribution in [0.2, 0.25) is 10.0 Å². The summed E-state index contributed by atoms with van der Waals surface area (Å²) in [7, 11) is 0. The maximum Gasteiger partial charge on any atom is 0.210 e. The first-order valence-corrected chi connectivity index (χ1v) is 9.41. The number of nitrogens with one attached hydrogen (secondary N) is 1. The van der Waals surface area contributed by atoms with Crippen molar-refractivity contribution in [2.24, 2.45) is 10.7 Å². The SMILES string of the molecule is Cc1ccc(Cl)c(Cl)c1.NC1=C(C2=NCCc3cn[nH]c32)CN(C=O)CC1. The molecule has 0 fully saturated rings. The summed E-state index contributed by atoms with van der Waals surface area (Å²) < 4.78 is 0. The molecule has 0 bridgehead atoms. The van der Waals surface area contributed by atoms with Gasteiger partial charge in [0.2, 0.25) is 6.41 Å². The molecule has 6 nitrogen and oxygen atoms in total. The summed E-state index contributed by atoms with van der Waals surface area (Å²) in [5.74, 6) is 0. The number of nitrogens with two attached hydrogens (primary N) is 1. The van der Waals surface area contributed by atoms with E-state index < -0.39 is 0 Å². The minimum absolute atomic E-state index is 0.534. The van der Waals surface area contributed by atoms with Gasteiger partial charge in [0.15, 0.2) is 0 Å². The molecule has 0 unspecified atom stereocenters. The zero-order valence-corrected chi connectivity index (χ0v) is 16.5. The molecule has 8 heteroatoms. The standard InChI is InChI=1S/C12H15N5O.C7H6Cl2/c13-10-2-4-17(7-18)6-9(10)12-11-8(1-3-14-12)5-15-16-11;1-5-2-3-6(8)7(9)4-5/h5,7H,1-4,6,13H2,(H,15,16);2-4H,1H3. The summed E-state index contributed by atoms with van der Waals surface area (Å²) in [6.07, 6.45) is 4.31. The fourth-order valence-electron chi connectivity index (χ4n) is 3.04. The monoisotopic (exact) mass is 405 g/mol. The van der Waals surface area contributed by atoms with Gasteiger partial charge in [0.05, 0.1) is 27.6 Å². The predicted molar refractivity (Wildman–Crippen MR) is 108 cm³/mol. The van der Waals surface area contributed by atoms with E-state index in [2.05, 4.69) is 15.2 Å². The number of aryl methyl sites for hydroxylation is 1. The Hall–Kier alpha value is -2.31. The lowest BCUT2D eigenvalue weighted by atomic mass is 9.95. The summed E-state index contributed by atoms with van der Waals surface area (Å²) >= 11 is 11.3. The van der Waals surface area contributed by atoms with Crippen LogP contribution in [-0.4, -0.2) is 46.9 Å². The molecule has 3 heterocycles. The van der Waals surface area contributed by atoms with Gasteiger partial charge in [-0.25, -0.2) is 0 Å². The molecular formula is C19H21Cl2N5O. The quantitative estimate of drug-likeness (QED) is 0.752. The average molecular weight is 406 g/mol. The van der Waals surface area contributed by atoms with Gasteiger partial charge in [-0.1, -0.05) is 29.3 Å². The van der Waals surface area contributed by atoms with Gasteiger partial charge in [0.25, 0.3) is 0 Å². The number of aromatic amines is 1. The lowest BCUT2D eigenvalue weighted by molar-refractivity contribution is -0.117. The summed E-state index contributed by atoms with van der Waals surface area (Å²) in [4.78, 5) is 17.2. The first-order valence-electron chi connectivity index (χ1n) is 8.65. The van der Waals surface area contributed by atoms with Crippen LogP contribution in [0.3, 0.4) is 0 Å². The Morgan fingerprint density at radius 2 is 2.07 bits per heavy atom. The Morgan fingerprint density at radius 3 is 2.78 bits per heavy atom. The molecule has 0 radical (unpaired) electrons. The molecule has 1 amide bonds. The topological polar surface area (TPSA) is 87.4 Å². The number of aliphatic imine (C=N–C) groups is 1. The molecule has 0 saturated carbocycles. The van der Waals surface area contributed by atoms with Gasteiger partial charge in [-0.3, -0.25) is 14.9 Å². The molecule has 142 valence electrons. The fraction of sp³-hybridized carbons (Fsp3) is 0.316. The van der Waals surface area contributed by atoms with Crippen molar-refractivity contribution >= 4 is 35.3 Å². The van der Waals surface area contributed by atoms with Crippen molar-refractivity contribution in [2.75, 3.05) is 19.6 Å². The number of carbonyl (C=O) groups excluding carboxylic acids is 1. The van der Waals surface area contributed by atoms with Crippen LogP contribution in [0, 0.1) is 6.92 Å². The lowest BCUT2D eigenvalue weighted by Crippen LogP contribution is -2.36. The van der Waals surface area contributed by atoms with Crippen LogP contribution in [0.4, 0.5) is 0 Å². The summed E-state index contributed by atoms with van der Waals surface area (Å²) in [6.45, 7) is 3.94. The molecule has 4 rings (SSSR count). The van der Waals surface area contributed by atoms with Gasteiger partial charge in [-0.05, 0) is 31.0 Å². The second-order valence-corrected chi connectivity index (χ2v) is 7.31. The molecule has 0 aliphatic carbocycles. The van der Waals surface area contributed by atoms with Crippen molar-refractivity contribution in [1.82, 2.24) is 15.1 Å². The van der Waals surface area contributed by atoms with Crippen LogP contribution in [-0.2, 0) is 11.2 Å². The number of fused-ring (bicyclic) bond motifs is 1. The predicted octanol–water partition coefficient (Wildman–Crippen LogP) is 3.13. The lowest BCUT2D eigenvalue weighted by Gasteiger charge is -2.28. The van der Waals surface area contributed by atoms with Crippen LogP contribution in [0.1, 0.15) is 23.2 Å². The Labute approximate surface area is 168 Å². The molecule has 3 N–H and O–H groups in total. The summed E-state index contributed by atoms with van der Waals surface area (Å²) in [5.41, 5.74) is 12.0. The number of hydrogen-bond acceptors (Lipinski definition) is 4. The van der Waals surface area contributed by atoms with Gasteiger partial charge < -0.3 is 10.6 Å². The second kappa shape index (κ2) is 8.59. The minimum Gasteiger partial charge on any atom is -0.402 e. The molecule has 2 aliphatic heterocycles. The molecule has 0 saturated heterocycles. The van der Waals surface area contributed by atoms with E-state index in [9.17, 15) is 4.79 Å². The highest BCUT2D eigenvalue weighted by Crippen LogP contribution is 2.23. The Kier molecular flexibility index (Phi) is 6.19. The highest BCUT2D eigenvalue weighted by Gasteiger charge is 2.25. The van der Waals surface area contributed by atoms with E-state index in [1.54, 1.807) is 11.0 Å². The van der Waals surface area contributed by atoms with Crippen molar-refractivity contribution < 1.29 is 4.79 Å².